The smallest absolute Gasteiger partial charge is 0.416 e. The molecule has 4 rings (SSSR count). The van der Waals surface area contributed by atoms with Gasteiger partial charge in [0.1, 0.15) is 11.5 Å². The van der Waals surface area contributed by atoms with E-state index in [4.69, 9.17) is 4.42 Å². The lowest BCUT2D eigenvalue weighted by Gasteiger charge is -2.12. The molecule has 6 nitrogen and oxygen atoms in total. The number of hydrogen-bond donors (Lipinski definition) is 2. The van der Waals surface area contributed by atoms with Crippen molar-refractivity contribution in [1.82, 2.24) is 15.3 Å². The summed E-state index contributed by atoms with van der Waals surface area (Å²) in [7, 11) is 0. The number of pyridine rings is 2. The molecule has 0 aliphatic heterocycles. The van der Waals surface area contributed by atoms with Crippen molar-refractivity contribution in [1.29, 1.82) is 0 Å². The molecule has 0 atom stereocenters. The van der Waals surface area contributed by atoms with E-state index >= 15 is 0 Å². The lowest BCUT2D eigenvalue weighted by Crippen LogP contribution is -2.23. The Morgan fingerprint density at radius 1 is 1.07 bits per heavy atom. The monoisotopic (exact) mass is 412 g/mol. The molecule has 0 fully saturated rings. The molecule has 1 aromatic carbocycles. The van der Waals surface area contributed by atoms with E-state index in [0.29, 0.717) is 22.4 Å². The number of carbonyl (C=O) groups excluding carboxylic acids is 1. The van der Waals surface area contributed by atoms with Crippen LogP contribution in [0, 0.1) is 0 Å². The molecule has 0 aliphatic carbocycles. The Kier molecular flexibility index (Phi) is 5.09. The first kappa shape index (κ1) is 19.4. The minimum Gasteiger partial charge on any atom is -0.467 e. The standard InChI is InChI=1S/C21H15F3N4O2/c22-21(23,24)14-3-1-4-15(9-14)27-18-12-25-10-13-6-7-17(28-19(13)18)20(29)26-11-16-5-2-8-30-16/h1-10,12,27H,11H2,(H,26,29). The fourth-order valence-electron chi connectivity index (χ4n) is 2.86. The van der Waals surface area contributed by atoms with Gasteiger partial charge >= 0.3 is 6.18 Å². The van der Waals surface area contributed by atoms with Crippen molar-refractivity contribution in [2.45, 2.75) is 12.7 Å². The molecule has 0 aliphatic rings. The molecule has 3 heterocycles. The number of hydrogen-bond acceptors (Lipinski definition) is 5. The molecule has 4 aromatic rings. The summed E-state index contributed by atoms with van der Waals surface area (Å²) >= 11 is 0. The first-order valence-corrected chi connectivity index (χ1v) is 8.90. The first-order valence-electron chi connectivity index (χ1n) is 8.90. The van der Waals surface area contributed by atoms with Crippen molar-refractivity contribution in [3.63, 3.8) is 0 Å². The summed E-state index contributed by atoms with van der Waals surface area (Å²) in [5, 5.41) is 6.25. The van der Waals surface area contributed by atoms with Crippen molar-refractivity contribution in [2.24, 2.45) is 0 Å². The molecule has 0 saturated carbocycles. The van der Waals surface area contributed by atoms with Crippen LogP contribution in [0.2, 0.25) is 0 Å². The lowest BCUT2D eigenvalue weighted by atomic mass is 10.1. The number of carbonyl (C=O) groups is 1. The molecule has 30 heavy (non-hydrogen) atoms. The zero-order chi connectivity index (χ0) is 21.1. The number of alkyl halides is 3. The quantitative estimate of drug-likeness (QED) is 0.487. The highest BCUT2D eigenvalue weighted by Crippen LogP contribution is 2.32. The molecule has 0 saturated heterocycles. The Bertz CT molecular complexity index is 1190. The maximum Gasteiger partial charge on any atom is 0.416 e. The number of benzene rings is 1. The molecule has 0 spiro atoms. The minimum absolute atomic E-state index is 0.160. The van der Waals surface area contributed by atoms with Gasteiger partial charge in [0, 0.05) is 17.3 Å². The van der Waals surface area contributed by atoms with Gasteiger partial charge in [-0.2, -0.15) is 13.2 Å². The summed E-state index contributed by atoms with van der Waals surface area (Å²) in [5.41, 5.74) is 0.410. The second-order valence-electron chi connectivity index (χ2n) is 6.42. The average molecular weight is 412 g/mol. The van der Waals surface area contributed by atoms with Crippen LogP contribution in [0.3, 0.4) is 0 Å². The molecule has 3 aromatic heterocycles. The molecule has 152 valence electrons. The number of amides is 1. The van der Waals surface area contributed by atoms with Gasteiger partial charge in [0.05, 0.1) is 35.8 Å². The van der Waals surface area contributed by atoms with E-state index in [-0.39, 0.29) is 17.9 Å². The highest BCUT2D eigenvalue weighted by Gasteiger charge is 2.30. The Morgan fingerprint density at radius 2 is 1.93 bits per heavy atom. The number of halogens is 3. The van der Waals surface area contributed by atoms with E-state index in [9.17, 15) is 18.0 Å². The summed E-state index contributed by atoms with van der Waals surface area (Å²) < 4.78 is 44.1. The van der Waals surface area contributed by atoms with Crippen LogP contribution < -0.4 is 10.6 Å². The number of fused-ring (bicyclic) bond motifs is 1. The number of aromatic nitrogens is 2. The van der Waals surface area contributed by atoms with Crippen molar-refractivity contribution >= 4 is 28.2 Å². The Morgan fingerprint density at radius 3 is 2.70 bits per heavy atom. The average Bonchev–Trinajstić information content (AvgIpc) is 3.25. The molecular weight excluding hydrogens is 397 g/mol. The van der Waals surface area contributed by atoms with Gasteiger partial charge < -0.3 is 15.1 Å². The third kappa shape index (κ3) is 4.24. The van der Waals surface area contributed by atoms with E-state index in [0.717, 1.165) is 12.1 Å². The highest BCUT2D eigenvalue weighted by atomic mass is 19.4. The van der Waals surface area contributed by atoms with Gasteiger partial charge in [-0.1, -0.05) is 6.07 Å². The second kappa shape index (κ2) is 7.86. The Labute approximate surface area is 168 Å². The minimum atomic E-state index is -4.45. The number of anilines is 2. The van der Waals surface area contributed by atoms with Crippen LogP contribution in [-0.4, -0.2) is 15.9 Å². The maximum absolute atomic E-state index is 13.0. The van der Waals surface area contributed by atoms with E-state index in [1.54, 1.807) is 30.5 Å². The normalized spacial score (nSPS) is 11.4. The van der Waals surface area contributed by atoms with Crippen LogP contribution in [0.15, 0.2) is 71.6 Å². The first-order chi connectivity index (χ1) is 14.4. The maximum atomic E-state index is 13.0. The van der Waals surface area contributed by atoms with Gasteiger partial charge in [0.25, 0.3) is 5.91 Å². The lowest BCUT2D eigenvalue weighted by molar-refractivity contribution is -0.137. The Hall–Kier alpha value is -3.88. The van der Waals surface area contributed by atoms with Crippen LogP contribution in [0.5, 0.6) is 0 Å². The number of rotatable bonds is 5. The molecule has 2 N–H and O–H groups in total. The van der Waals surface area contributed by atoms with Crippen LogP contribution in [0.1, 0.15) is 21.8 Å². The Balaban J connectivity index is 1.61. The van der Waals surface area contributed by atoms with Crippen LogP contribution in [0.25, 0.3) is 10.9 Å². The van der Waals surface area contributed by atoms with E-state index in [1.165, 1.54) is 24.6 Å². The van der Waals surface area contributed by atoms with Gasteiger partial charge in [-0.3, -0.25) is 9.78 Å². The topological polar surface area (TPSA) is 80.0 Å². The number of nitrogens with one attached hydrogen (secondary N) is 2. The van der Waals surface area contributed by atoms with Crippen molar-refractivity contribution < 1.29 is 22.4 Å². The zero-order valence-electron chi connectivity index (χ0n) is 15.4. The van der Waals surface area contributed by atoms with Gasteiger partial charge in [0.15, 0.2) is 0 Å². The third-order valence-electron chi connectivity index (χ3n) is 4.30. The SMILES string of the molecule is O=C(NCc1ccco1)c1ccc2cncc(Nc3cccc(C(F)(F)F)c3)c2n1. The summed E-state index contributed by atoms with van der Waals surface area (Å²) in [4.78, 5) is 20.9. The molecule has 9 heteroatoms. The molecule has 1 amide bonds. The molecular formula is C21H15F3N4O2. The van der Waals surface area contributed by atoms with Crippen LogP contribution in [0.4, 0.5) is 24.5 Å². The summed E-state index contributed by atoms with van der Waals surface area (Å²) in [5.74, 6) is 0.190. The van der Waals surface area contributed by atoms with E-state index < -0.39 is 17.6 Å². The summed E-state index contributed by atoms with van der Waals surface area (Å²) in [6.07, 6.45) is 0.0605. The molecule has 0 unspecified atom stereocenters. The second-order valence-corrected chi connectivity index (χ2v) is 6.42. The highest BCUT2D eigenvalue weighted by molar-refractivity contribution is 5.97. The van der Waals surface area contributed by atoms with Gasteiger partial charge in [-0.25, -0.2) is 4.98 Å². The van der Waals surface area contributed by atoms with Gasteiger partial charge in [-0.05, 0) is 42.5 Å². The predicted molar refractivity (Wildman–Crippen MR) is 104 cm³/mol. The van der Waals surface area contributed by atoms with Gasteiger partial charge in [-0.15, -0.1) is 0 Å². The van der Waals surface area contributed by atoms with E-state index in [2.05, 4.69) is 20.6 Å². The summed E-state index contributed by atoms with van der Waals surface area (Å²) in [6.45, 7) is 0.206. The number of nitrogens with zero attached hydrogens (tertiary/aromatic N) is 2. The molecule has 0 bridgehead atoms. The van der Waals surface area contributed by atoms with Crippen molar-refractivity contribution in [3.05, 3.63) is 84.2 Å². The fraction of sp³-hybridized carbons (Fsp3) is 0.0952. The van der Waals surface area contributed by atoms with Gasteiger partial charge in [0.2, 0.25) is 0 Å². The molecule has 0 radical (unpaired) electrons. The predicted octanol–water partition coefficient (Wildman–Crippen LogP) is 4.92. The largest absolute Gasteiger partial charge is 0.467 e. The van der Waals surface area contributed by atoms with Crippen molar-refractivity contribution in [2.75, 3.05) is 5.32 Å². The van der Waals surface area contributed by atoms with Crippen LogP contribution >= 0.6 is 0 Å². The van der Waals surface area contributed by atoms with E-state index in [1.807, 2.05) is 0 Å². The zero-order valence-corrected chi connectivity index (χ0v) is 15.4. The van der Waals surface area contributed by atoms with Crippen LogP contribution in [-0.2, 0) is 12.7 Å². The summed E-state index contributed by atoms with van der Waals surface area (Å²) in [6, 6.07) is 11.5. The fourth-order valence-corrected chi connectivity index (χ4v) is 2.86. The number of furan rings is 1. The third-order valence-corrected chi connectivity index (χ3v) is 4.30. The van der Waals surface area contributed by atoms with Crippen molar-refractivity contribution in [3.8, 4) is 0 Å².